The number of aromatic nitrogens is 2. The molecular formula is C44H31N3. The summed E-state index contributed by atoms with van der Waals surface area (Å²) in [6.07, 6.45) is 0. The minimum atomic E-state index is 0.866. The minimum Gasteiger partial charge on any atom is -0.310 e. The van der Waals surface area contributed by atoms with Crippen molar-refractivity contribution >= 4 is 28.1 Å². The van der Waals surface area contributed by atoms with E-state index in [2.05, 4.69) is 150 Å². The van der Waals surface area contributed by atoms with Gasteiger partial charge in [0.2, 0.25) is 0 Å². The highest BCUT2D eigenvalue weighted by Crippen LogP contribution is 2.39. The largest absolute Gasteiger partial charge is 0.310 e. The quantitative estimate of drug-likeness (QED) is 0.182. The Morgan fingerprint density at radius 1 is 0.277 bits per heavy atom. The van der Waals surface area contributed by atoms with Gasteiger partial charge in [0.05, 0.1) is 22.4 Å². The summed E-state index contributed by atoms with van der Waals surface area (Å²) >= 11 is 0. The van der Waals surface area contributed by atoms with Gasteiger partial charge in [-0.1, -0.05) is 140 Å². The monoisotopic (exact) mass is 601 g/mol. The Hall–Kier alpha value is -6.32. The highest BCUT2D eigenvalue weighted by molar-refractivity contribution is 5.88. The first kappa shape index (κ1) is 28.2. The average Bonchev–Trinajstić information content (AvgIpc) is 3.16. The third kappa shape index (κ3) is 5.79. The second-order valence-corrected chi connectivity index (χ2v) is 11.5. The van der Waals surface area contributed by atoms with E-state index in [-0.39, 0.29) is 0 Å². The highest BCUT2D eigenvalue weighted by atomic mass is 15.1. The van der Waals surface area contributed by atoms with Crippen LogP contribution in [0.2, 0.25) is 0 Å². The van der Waals surface area contributed by atoms with Crippen LogP contribution in [-0.2, 0) is 0 Å². The number of hydrogen-bond donors (Lipinski definition) is 0. The van der Waals surface area contributed by atoms with Gasteiger partial charge < -0.3 is 4.90 Å². The van der Waals surface area contributed by atoms with Crippen LogP contribution in [0.3, 0.4) is 0 Å². The molecule has 0 unspecified atom stereocenters. The van der Waals surface area contributed by atoms with E-state index < -0.39 is 0 Å². The number of para-hydroxylation sites is 2. The fraction of sp³-hybridized carbons (Fsp3) is 0. The molecule has 0 aliphatic carbocycles. The van der Waals surface area contributed by atoms with Crippen molar-refractivity contribution in [2.24, 2.45) is 0 Å². The lowest BCUT2D eigenvalue weighted by molar-refractivity contribution is 1.27. The highest BCUT2D eigenvalue weighted by Gasteiger charge is 2.17. The summed E-state index contributed by atoms with van der Waals surface area (Å²) in [7, 11) is 0. The second-order valence-electron chi connectivity index (χ2n) is 11.5. The average molecular weight is 602 g/mol. The van der Waals surface area contributed by atoms with Gasteiger partial charge in [-0.2, -0.15) is 0 Å². The van der Waals surface area contributed by atoms with Crippen molar-refractivity contribution in [3.63, 3.8) is 0 Å². The molecule has 0 saturated heterocycles. The van der Waals surface area contributed by atoms with Crippen LogP contribution < -0.4 is 4.90 Å². The lowest BCUT2D eigenvalue weighted by Crippen LogP contribution is -2.10. The van der Waals surface area contributed by atoms with Crippen molar-refractivity contribution in [2.45, 2.75) is 0 Å². The Morgan fingerprint density at radius 2 is 0.660 bits per heavy atom. The van der Waals surface area contributed by atoms with Crippen LogP contribution in [0.4, 0.5) is 17.1 Å². The first-order chi connectivity index (χ1) is 23.3. The molecule has 0 atom stereocenters. The van der Waals surface area contributed by atoms with Crippen molar-refractivity contribution in [2.75, 3.05) is 4.90 Å². The molecule has 0 N–H and O–H groups in total. The van der Waals surface area contributed by atoms with Crippen LogP contribution in [0.1, 0.15) is 0 Å². The molecule has 0 radical (unpaired) electrons. The molecule has 0 aliphatic heterocycles. The standard InChI is InChI=1S/C44H31N3/c1-4-14-32(15-5-1)36-20-12-22-39(30-36)47(40-23-13-21-37(31-40)33-16-6-2-7-17-33)38-28-26-35(27-29-38)44-43(34-18-8-3-9-19-34)45-41-24-10-11-25-42(41)46-44/h1-31H. The fourth-order valence-electron chi connectivity index (χ4n) is 6.12. The number of benzene rings is 7. The Morgan fingerprint density at radius 3 is 1.13 bits per heavy atom. The molecule has 222 valence electrons. The molecule has 0 spiro atoms. The topological polar surface area (TPSA) is 29.0 Å². The van der Waals surface area contributed by atoms with Gasteiger partial charge in [-0.3, -0.25) is 0 Å². The van der Waals surface area contributed by atoms with E-state index in [1.807, 2.05) is 42.5 Å². The van der Waals surface area contributed by atoms with Crippen LogP contribution in [0, 0.1) is 0 Å². The smallest absolute Gasteiger partial charge is 0.0973 e. The lowest BCUT2D eigenvalue weighted by Gasteiger charge is -2.27. The van der Waals surface area contributed by atoms with Gasteiger partial charge in [-0.05, 0) is 70.8 Å². The SMILES string of the molecule is c1ccc(-c2cccc(N(c3ccc(-c4nc5ccccc5nc4-c4ccccc4)cc3)c3cccc(-c4ccccc4)c3)c2)cc1. The molecule has 8 rings (SSSR count). The van der Waals surface area contributed by atoms with Gasteiger partial charge in [-0.25, -0.2) is 9.97 Å². The fourth-order valence-corrected chi connectivity index (χ4v) is 6.12. The van der Waals surface area contributed by atoms with Crippen molar-refractivity contribution < 1.29 is 0 Å². The number of anilines is 3. The number of rotatable bonds is 7. The van der Waals surface area contributed by atoms with Gasteiger partial charge in [0.15, 0.2) is 0 Å². The number of hydrogen-bond acceptors (Lipinski definition) is 3. The molecule has 0 bridgehead atoms. The molecular weight excluding hydrogens is 571 g/mol. The maximum atomic E-state index is 5.13. The first-order valence-electron chi connectivity index (χ1n) is 15.8. The predicted molar refractivity (Wildman–Crippen MR) is 196 cm³/mol. The normalized spacial score (nSPS) is 11.0. The lowest BCUT2D eigenvalue weighted by atomic mass is 10.0. The van der Waals surface area contributed by atoms with Crippen LogP contribution >= 0.6 is 0 Å². The van der Waals surface area contributed by atoms with E-state index in [1.165, 1.54) is 22.3 Å². The van der Waals surface area contributed by atoms with Crippen molar-refractivity contribution in [3.8, 4) is 44.8 Å². The van der Waals surface area contributed by atoms with Gasteiger partial charge in [-0.15, -0.1) is 0 Å². The van der Waals surface area contributed by atoms with Crippen LogP contribution in [0.15, 0.2) is 188 Å². The van der Waals surface area contributed by atoms with Crippen LogP contribution in [0.5, 0.6) is 0 Å². The Kier molecular flexibility index (Phi) is 7.54. The zero-order valence-electron chi connectivity index (χ0n) is 25.7. The van der Waals surface area contributed by atoms with E-state index in [9.17, 15) is 0 Å². The van der Waals surface area contributed by atoms with Crippen molar-refractivity contribution in [1.82, 2.24) is 9.97 Å². The van der Waals surface area contributed by atoms with E-state index in [0.717, 1.165) is 50.6 Å². The molecule has 0 aliphatic rings. The maximum absolute atomic E-state index is 5.13. The van der Waals surface area contributed by atoms with Crippen LogP contribution in [-0.4, -0.2) is 9.97 Å². The van der Waals surface area contributed by atoms with Gasteiger partial charge in [0, 0.05) is 28.2 Å². The zero-order valence-corrected chi connectivity index (χ0v) is 25.7. The molecule has 3 nitrogen and oxygen atoms in total. The molecule has 0 saturated carbocycles. The van der Waals surface area contributed by atoms with E-state index in [1.54, 1.807) is 0 Å². The molecule has 7 aromatic carbocycles. The first-order valence-corrected chi connectivity index (χ1v) is 15.8. The number of fused-ring (bicyclic) bond motifs is 1. The Balaban J connectivity index is 1.26. The molecule has 47 heavy (non-hydrogen) atoms. The number of nitrogens with zero attached hydrogens (tertiary/aromatic N) is 3. The molecule has 8 aromatic rings. The van der Waals surface area contributed by atoms with Gasteiger partial charge in [0.1, 0.15) is 0 Å². The van der Waals surface area contributed by atoms with E-state index in [0.29, 0.717) is 0 Å². The second kappa shape index (κ2) is 12.6. The van der Waals surface area contributed by atoms with Crippen molar-refractivity contribution in [3.05, 3.63) is 188 Å². The zero-order chi connectivity index (χ0) is 31.4. The summed E-state index contributed by atoms with van der Waals surface area (Å²) < 4.78 is 0. The summed E-state index contributed by atoms with van der Waals surface area (Å²) in [5.41, 5.74) is 13.5. The molecule has 0 amide bonds. The third-order valence-electron chi connectivity index (χ3n) is 8.44. The van der Waals surface area contributed by atoms with E-state index in [4.69, 9.17) is 9.97 Å². The van der Waals surface area contributed by atoms with Gasteiger partial charge in [0.25, 0.3) is 0 Å². The Bertz CT molecular complexity index is 2200. The van der Waals surface area contributed by atoms with Crippen molar-refractivity contribution in [1.29, 1.82) is 0 Å². The van der Waals surface area contributed by atoms with Gasteiger partial charge >= 0.3 is 0 Å². The molecule has 0 fully saturated rings. The molecule has 1 aromatic heterocycles. The Labute approximate surface area is 275 Å². The summed E-state index contributed by atoms with van der Waals surface area (Å²) in [5.74, 6) is 0. The summed E-state index contributed by atoms with van der Waals surface area (Å²) in [4.78, 5) is 12.5. The summed E-state index contributed by atoms with van der Waals surface area (Å²) in [5, 5.41) is 0. The maximum Gasteiger partial charge on any atom is 0.0973 e. The molecule has 1 heterocycles. The minimum absolute atomic E-state index is 0.866. The van der Waals surface area contributed by atoms with E-state index >= 15 is 0 Å². The summed E-state index contributed by atoms with van der Waals surface area (Å²) in [6, 6.07) is 65.6. The summed E-state index contributed by atoms with van der Waals surface area (Å²) in [6.45, 7) is 0. The van der Waals surface area contributed by atoms with Crippen LogP contribution in [0.25, 0.3) is 55.8 Å². The molecule has 3 heteroatoms. The third-order valence-corrected chi connectivity index (χ3v) is 8.44. The predicted octanol–water partition coefficient (Wildman–Crippen LogP) is 11.8.